The molecule has 2 aliphatic heterocycles. The molecule has 14 heavy (non-hydrogen) atoms. The highest BCUT2D eigenvalue weighted by Crippen LogP contribution is 2.40. The third kappa shape index (κ3) is 2.00. The smallest absolute Gasteiger partial charge is 0.161 e. The van der Waals surface area contributed by atoms with Crippen molar-refractivity contribution >= 4 is 15.9 Å². The van der Waals surface area contributed by atoms with Crippen molar-refractivity contribution in [1.82, 2.24) is 0 Å². The van der Waals surface area contributed by atoms with E-state index in [-0.39, 0.29) is 6.29 Å². The zero-order chi connectivity index (χ0) is 10.1. The van der Waals surface area contributed by atoms with Crippen LogP contribution in [0.2, 0.25) is 0 Å². The lowest BCUT2D eigenvalue weighted by Gasteiger charge is -2.33. The second-order valence-electron chi connectivity index (χ2n) is 4.76. The summed E-state index contributed by atoms with van der Waals surface area (Å²) in [5, 5.41) is 0.936. The Morgan fingerprint density at radius 1 is 1.36 bits per heavy atom. The number of fused-ring (bicyclic) bond motifs is 1. The minimum atomic E-state index is 0.0821. The van der Waals surface area contributed by atoms with Crippen LogP contribution in [0, 0.1) is 17.8 Å². The Morgan fingerprint density at radius 2 is 2.14 bits per heavy atom. The summed E-state index contributed by atoms with van der Waals surface area (Å²) in [6.07, 6.45) is 2.89. The average molecular weight is 263 g/mol. The molecule has 2 saturated heterocycles. The van der Waals surface area contributed by atoms with Crippen molar-refractivity contribution in [3.63, 3.8) is 0 Å². The quantitative estimate of drug-likeness (QED) is 0.713. The number of rotatable bonds is 2. The summed E-state index contributed by atoms with van der Waals surface area (Å²) in [7, 11) is 0. The van der Waals surface area contributed by atoms with Gasteiger partial charge in [0.05, 0.1) is 12.7 Å². The van der Waals surface area contributed by atoms with Gasteiger partial charge in [-0.3, -0.25) is 0 Å². The molecule has 0 saturated carbocycles. The zero-order valence-corrected chi connectivity index (χ0v) is 10.5. The molecule has 0 aromatic carbocycles. The van der Waals surface area contributed by atoms with Gasteiger partial charge in [-0.1, -0.05) is 29.8 Å². The molecule has 0 spiro atoms. The highest BCUT2D eigenvalue weighted by atomic mass is 79.9. The van der Waals surface area contributed by atoms with E-state index in [4.69, 9.17) is 9.47 Å². The number of hydrogen-bond donors (Lipinski definition) is 0. The van der Waals surface area contributed by atoms with Crippen LogP contribution in [-0.2, 0) is 9.47 Å². The summed E-state index contributed by atoms with van der Waals surface area (Å²) < 4.78 is 11.6. The van der Waals surface area contributed by atoms with Crippen molar-refractivity contribution in [2.45, 2.75) is 39.1 Å². The van der Waals surface area contributed by atoms with Crippen molar-refractivity contribution in [3.8, 4) is 0 Å². The van der Waals surface area contributed by atoms with Crippen LogP contribution in [0.15, 0.2) is 0 Å². The molecule has 0 bridgehead atoms. The first-order valence-electron chi connectivity index (χ1n) is 5.55. The molecular weight excluding hydrogens is 244 g/mol. The van der Waals surface area contributed by atoms with Gasteiger partial charge in [0.25, 0.3) is 0 Å². The molecule has 0 N–H and O–H groups in total. The summed E-state index contributed by atoms with van der Waals surface area (Å²) in [6, 6.07) is 0. The highest BCUT2D eigenvalue weighted by Gasteiger charge is 2.42. The standard InChI is InChI=1S/C11H19BrO2/c1-7(2)10-6-13-11-9(10)4-3-8(5-12)14-11/h7-11H,3-6H2,1-2H3/t8?,9-,10?,11-/m0/s1. The maximum Gasteiger partial charge on any atom is 0.161 e. The fourth-order valence-electron chi connectivity index (χ4n) is 2.58. The molecule has 2 heterocycles. The summed E-state index contributed by atoms with van der Waals surface area (Å²) in [5.74, 6) is 2.07. The fraction of sp³-hybridized carbons (Fsp3) is 1.00. The van der Waals surface area contributed by atoms with Crippen LogP contribution in [0.25, 0.3) is 0 Å². The maximum atomic E-state index is 5.87. The van der Waals surface area contributed by atoms with Crippen molar-refractivity contribution in [2.24, 2.45) is 17.8 Å². The van der Waals surface area contributed by atoms with Crippen LogP contribution in [0.3, 0.4) is 0 Å². The van der Waals surface area contributed by atoms with E-state index in [2.05, 4.69) is 29.8 Å². The van der Waals surface area contributed by atoms with Gasteiger partial charge < -0.3 is 9.47 Å². The summed E-state index contributed by atoms with van der Waals surface area (Å²) in [4.78, 5) is 0. The number of ether oxygens (including phenoxy) is 2. The van der Waals surface area contributed by atoms with Crippen molar-refractivity contribution in [3.05, 3.63) is 0 Å². The Balaban J connectivity index is 1.96. The molecule has 0 radical (unpaired) electrons. The molecular formula is C11H19BrO2. The Labute approximate surface area is 94.5 Å². The summed E-state index contributed by atoms with van der Waals surface area (Å²) in [6.45, 7) is 5.46. The summed E-state index contributed by atoms with van der Waals surface area (Å²) >= 11 is 3.47. The molecule has 0 aliphatic carbocycles. The molecule has 82 valence electrons. The third-order valence-corrected chi connectivity index (χ3v) is 4.25. The minimum absolute atomic E-state index is 0.0821. The first-order valence-corrected chi connectivity index (χ1v) is 6.67. The van der Waals surface area contributed by atoms with E-state index >= 15 is 0 Å². The van der Waals surface area contributed by atoms with E-state index in [9.17, 15) is 0 Å². The topological polar surface area (TPSA) is 18.5 Å². The Kier molecular flexibility index (Phi) is 3.50. The maximum absolute atomic E-state index is 5.87. The third-order valence-electron chi connectivity index (χ3n) is 3.53. The lowest BCUT2D eigenvalue weighted by molar-refractivity contribution is -0.179. The minimum Gasteiger partial charge on any atom is -0.352 e. The van der Waals surface area contributed by atoms with E-state index < -0.39 is 0 Å². The monoisotopic (exact) mass is 262 g/mol. The molecule has 0 aromatic heterocycles. The summed E-state index contributed by atoms with van der Waals surface area (Å²) in [5.41, 5.74) is 0. The number of halogens is 1. The molecule has 2 unspecified atom stereocenters. The molecule has 0 aromatic rings. The van der Waals surface area contributed by atoms with E-state index in [0.717, 1.165) is 11.9 Å². The highest BCUT2D eigenvalue weighted by molar-refractivity contribution is 9.09. The number of hydrogen-bond acceptors (Lipinski definition) is 2. The zero-order valence-electron chi connectivity index (χ0n) is 8.91. The van der Waals surface area contributed by atoms with E-state index in [1.807, 2.05) is 0 Å². The van der Waals surface area contributed by atoms with Crippen LogP contribution in [0.4, 0.5) is 0 Å². The van der Waals surface area contributed by atoms with Crippen LogP contribution < -0.4 is 0 Å². The molecule has 2 nitrogen and oxygen atoms in total. The van der Waals surface area contributed by atoms with Crippen molar-refractivity contribution < 1.29 is 9.47 Å². The molecule has 4 atom stereocenters. The SMILES string of the molecule is CC(C)C1CO[C@H]2OC(CBr)CC[C@@H]12. The molecule has 0 amide bonds. The van der Waals surface area contributed by atoms with Crippen LogP contribution in [-0.4, -0.2) is 24.3 Å². The van der Waals surface area contributed by atoms with E-state index in [0.29, 0.717) is 23.9 Å². The predicted octanol–water partition coefficient (Wildman–Crippen LogP) is 2.81. The van der Waals surface area contributed by atoms with Crippen molar-refractivity contribution in [1.29, 1.82) is 0 Å². The molecule has 2 fully saturated rings. The molecule has 2 rings (SSSR count). The predicted molar refractivity (Wildman–Crippen MR) is 59.5 cm³/mol. The largest absolute Gasteiger partial charge is 0.352 e. The number of alkyl halides is 1. The first-order chi connectivity index (χ1) is 6.72. The van der Waals surface area contributed by atoms with Crippen LogP contribution in [0.5, 0.6) is 0 Å². The van der Waals surface area contributed by atoms with Gasteiger partial charge >= 0.3 is 0 Å². The van der Waals surface area contributed by atoms with Gasteiger partial charge in [0.15, 0.2) is 6.29 Å². The Bertz CT molecular complexity index is 196. The van der Waals surface area contributed by atoms with Gasteiger partial charge in [0.2, 0.25) is 0 Å². The van der Waals surface area contributed by atoms with Crippen LogP contribution in [0.1, 0.15) is 26.7 Å². The lowest BCUT2D eigenvalue weighted by atomic mass is 9.81. The first kappa shape index (κ1) is 10.9. The Hall–Kier alpha value is 0.400. The van der Waals surface area contributed by atoms with E-state index in [1.165, 1.54) is 12.8 Å². The molecule has 3 heteroatoms. The Morgan fingerprint density at radius 3 is 2.79 bits per heavy atom. The van der Waals surface area contributed by atoms with Gasteiger partial charge in [-0.25, -0.2) is 0 Å². The van der Waals surface area contributed by atoms with Gasteiger partial charge in [0.1, 0.15) is 0 Å². The normalized spacial score (nSPS) is 42.9. The van der Waals surface area contributed by atoms with Crippen LogP contribution >= 0.6 is 15.9 Å². The van der Waals surface area contributed by atoms with Gasteiger partial charge in [-0.05, 0) is 24.7 Å². The van der Waals surface area contributed by atoms with Crippen molar-refractivity contribution in [2.75, 3.05) is 11.9 Å². The second kappa shape index (κ2) is 4.50. The van der Waals surface area contributed by atoms with E-state index in [1.54, 1.807) is 0 Å². The van der Waals surface area contributed by atoms with Gasteiger partial charge in [-0.2, -0.15) is 0 Å². The average Bonchev–Trinajstić information content (AvgIpc) is 2.59. The lowest BCUT2D eigenvalue weighted by Crippen LogP contribution is -2.36. The van der Waals surface area contributed by atoms with Gasteiger partial charge in [-0.15, -0.1) is 0 Å². The fourth-order valence-corrected chi connectivity index (χ4v) is 3.06. The molecule has 2 aliphatic rings. The second-order valence-corrected chi connectivity index (χ2v) is 5.41. The van der Waals surface area contributed by atoms with Gasteiger partial charge in [0, 0.05) is 11.2 Å².